The molecular weight excluding hydrogens is 304 g/mol. The van der Waals surface area contributed by atoms with Crippen molar-refractivity contribution in [2.24, 2.45) is 0 Å². The zero-order valence-corrected chi connectivity index (χ0v) is 13.2. The molecule has 1 aromatic heterocycles. The fourth-order valence-electron chi connectivity index (χ4n) is 2.33. The molecule has 1 heterocycles. The average Bonchev–Trinajstić information content (AvgIpc) is 3.08. The minimum Gasteiger partial charge on any atom is -0.496 e. The lowest BCUT2D eigenvalue weighted by atomic mass is 10.2. The van der Waals surface area contributed by atoms with Crippen LogP contribution in [0, 0.1) is 11.3 Å². The Morgan fingerprint density at radius 1 is 1.08 bits per heavy atom. The van der Waals surface area contributed by atoms with Crippen LogP contribution in [0.3, 0.4) is 0 Å². The molecule has 0 amide bonds. The van der Waals surface area contributed by atoms with Crippen molar-refractivity contribution < 1.29 is 9.47 Å². The van der Waals surface area contributed by atoms with Crippen molar-refractivity contribution in [3.63, 3.8) is 0 Å². The molecule has 0 saturated heterocycles. The fourth-order valence-corrected chi connectivity index (χ4v) is 2.33. The first-order valence-electron chi connectivity index (χ1n) is 7.43. The molecule has 0 radical (unpaired) electrons. The molecule has 2 aromatic carbocycles. The van der Waals surface area contributed by atoms with Crippen LogP contribution in [0.4, 0.5) is 0 Å². The molecule has 0 saturated carbocycles. The topological polar surface area (TPSA) is 73.0 Å². The highest BCUT2D eigenvalue weighted by Crippen LogP contribution is 2.19. The highest BCUT2D eigenvalue weighted by atomic mass is 16.5. The van der Waals surface area contributed by atoms with Crippen LogP contribution >= 0.6 is 0 Å². The van der Waals surface area contributed by atoms with Gasteiger partial charge in [-0.15, -0.1) is 5.10 Å². The lowest BCUT2D eigenvalue weighted by molar-refractivity contribution is 0.300. The highest BCUT2D eigenvalue weighted by Gasteiger charge is 2.07. The second-order valence-electron chi connectivity index (χ2n) is 5.12. The molecule has 0 aliphatic rings. The molecule has 120 valence electrons. The number of ether oxygens (including phenoxy) is 2. The predicted molar refractivity (Wildman–Crippen MR) is 87.6 cm³/mol. The number of benzene rings is 2. The van der Waals surface area contributed by atoms with Crippen LogP contribution in [0.5, 0.6) is 11.5 Å². The molecule has 0 N–H and O–H groups in total. The van der Waals surface area contributed by atoms with Crippen molar-refractivity contribution in [1.29, 1.82) is 5.26 Å². The van der Waals surface area contributed by atoms with Crippen molar-refractivity contribution in [3.05, 3.63) is 71.5 Å². The third-order valence-corrected chi connectivity index (χ3v) is 3.49. The summed E-state index contributed by atoms with van der Waals surface area (Å²) in [5.41, 5.74) is 2.21. The molecule has 0 atom stereocenters. The van der Waals surface area contributed by atoms with Crippen molar-refractivity contribution in [2.45, 2.75) is 13.2 Å². The number of methoxy groups -OCH3 is 1. The Morgan fingerprint density at radius 2 is 1.83 bits per heavy atom. The Balaban J connectivity index is 1.67. The van der Waals surface area contributed by atoms with Gasteiger partial charge in [0.2, 0.25) is 0 Å². The fraction of sp³-hybridized carbons (Fsp3) is 0.167. The summed E-state index contributed by atoms with van der Waals surface area (Å²) in [5.74, 6) is 1.35. The number of aromatic nitrogens is 3. The van der Waals surface area contributed by atoms with E-state index in [1.807, 2.05) is 36.5 Å². The van der Waals surface area contributed by atoms with Crippen LogP contribution in [0.15, 0.2) is 54.7 Å². The largest absolute Gasteiger partial charge is 0.496 e. The van der Waals surface area contributed by atoms with Gasteiger partial charge < -0.3 is 9.47 Å². The summed E-state index contributed by atoms with van der Waals surface area (Å²) >= 11 is 0. The van der Waals surface area contributed by atoms with Gasteiger partial charge in [0.15, 0.2) is 0 Å². The molecule has 0 aliphatic heterocycles. The first kappa shape index (κ1) is 15.6. The van der Waals surface area contributed by atoms with Gasteiger partial charge in [0.1, 0.15) is 29.9 Å². The summed E-state index contributed by atoms with van der Waals surface area (Å²) in [6.45, 7) is 0.816. The summed E-state index contributed by atoms with van der Waals surface area (Å²) in [5, 5.41) is 17.3. The van der Waals surface area contributed by atoms with E-state index in [0.717, 1.165) is 11.3 Å². The summed E-state index contributed by atoms with van der Waals surface area (Å²) in [4.78, 5) is 0. The van der Waals surface area contributed by atoms with E-state index < -0.39 is 0 Å². The number of hydrogen-bond acceptors (Lipinski definition) is 5. The zero-order valence-electron chi connectivity index (χ0n) is 13.2. The van der Waals surface area contributed by atoms with Gasteiger partial charge in [-0.05, 0) is 18.2 Å². The van der Waals surface area contributed by atoms with Gasteiger partial charge in [-0.25, -0.2) is 4.68 Å². The Kier molecular flexibility index (Phi) is 4.73. The van der Waals surface area contributed by atoms with Gasteiger partial charge >= 0.3 is 0 Å². The van der Waals surface area contributed by atoms with Crippen molar-refractivity contribution >= 4 is 0 Å². The van der Waals surface area contributed by atoms with E-state index in [2.05, 4.69) is 16.4 Å². The smallest absolute Gasteiger partial charge is 0.137 e. The van der Waals surface area contributed by atoms with Crippen LogP contribution in [0.1, 0.15) is 16.8 Å². The molecule has 3 rings (SSSR count). The number of nitriles is 1. The second-order valence-corrected chi connectivity index (χ2v) is 5.12. The number of nitrogens with zero attached hydrogens (tertiary/aromatic N) is 4. The Bertz CT molecular complexity index is 867. The number of para-hydroxylation sites is 2. The maximum absolute atomic E-state index is 9.06. The average molecular weight is 320 g/mol. The minimum absolute atomic E-state index is 0.255. The lowest BCUT2D eigenvalue weighted by Gasteiger charge is -2.07. The van der Waals surface area contributed by atoms with Crippen LogP contribution in [-0.4, -0.2) is 22.1 Å². The third-order valence-electron chi connectivity index (χ3n) is 3.49. The van der Waals surface area contributed by atoms with E-state index in [4.69, 9.17) is 14.7 Å². The van der Waals surface area contributed by atoms with Crippen LogP contribution in [-0.2, 0) is 13.2 Å². The van der Waals surface area contributed by atoms with Crippen molar-refractivity contribution in [3.8, 4) is 17.6 Å². The number of hydrogen-bond donors (Lipinski definition) is 0. The first-order valence-corrected chi connectivity index (χ1v) is 7.43. The molecule has 6 nitrogen and oxygen atoms in total. The highest BCUT2D eigenvalue weighted by molar-refractivity contribution is 5.42. The SMILES string of the molecule is COc1ccccc1Cn1cc(COc2ccccc2C#N)nn1. The Hall–Kier alpha value is -3.33. The molecule has 0 fully saturated rings. The molecule has 6 heteroatoms. The maximum Gasteiger partial charge on any atom is 0.137 e. The van der Waals surface area contributed by atoms with Crippen LogP contribution in [0.2, 0.25) is 0 Å². The van der Waals surface area contributed by atoms with Gasteiger partial charge in [0, 0.05) is 5.56 Å². The van der Waals surface area contributed by atoms with Crippen molar-refractivity contribution in [2.75, 3.05) is 7.11 Å². The monoisotopic (exact) mass is 320 g/mol. The molecule has 0 unspecified atom stereocenters. The standard InChI is InChI=1S/C18H16N4O2/c1-23-17-8-4-3-7-15(17)11-22-12-16(20-21-22)13-24-18-9-5-2-6-14(18)10-19/h2-9,12H,11,13H2,1H3. The van der Waals surface area contributed by atoms with Gasteiger partial charge in [-0.1, -0.05) is 35.5 Å². The summed E-state index contributed by atoms with van der Waals surface area (Å²) in [6.07, 6.45) is 1.82. The first-order chi connectivity index (χ1) is 11.8. The van der Waals surface area contributed by atoms with Gasteiger partial charge in [-0.2, -0.15) is 5.26 Å². The van der Waals surface area contributed by atoms with E-state index in [9.17, 15) is 0 Å². The Morgan fingerprint density at radius 3 is 2.62 bits per heavy atom. The van der Waals surface area contributed by atoms with Crippen LogP contribution < -0.4 is 9.47 Å². The third kappa shape index (κ3) is 3.52. The lowest BCUT2D eigenvalue weighted by Crippen LogP contribution is -2.02. The summed E-state index contributed by atoms with van der Waals surface area (Å²) in [6, 6.07) is 17.0. The molecule has 0 bridgehead atoms. The zero-order chi connectivity index (χ0) is 16.8. The van der Waals surface area contributed by atoms with Gasteiger partial charge in [-0.3, -0.25) is 0 Å². The van der Waals surface area contributed by atoms with Gasteiger partial charge in [0.05, 0.1) is 25.4 Å². The summed E-state index contributed by atoms with van der Waals surface area (Å²) < 4.78 is 12.7. The summed E-state index contributed by atoms with van der Waals surface area (Å²) in [7, 11) is 1.64. The Labute approximate surface area is 139 Å². The second kappa shape index (κ2) is 7.29. The number of rotatable bonds is 6. The quantitative estimate of drug-likeness (QED) is 0.698. The normalized spacial score (nSPS) is 10.2. The minimum atomic E-state index is 0.255. The van der Waals surface area contributed by atoms with Crippen LogP contribution in [0.25, 0.3) is 0 Å². The van der Waals surface area contributed by atoms with E-state index >= 15 is 0 Å². The van der Waals surface area contributed by atoms with E-state index in [-0.39, 0.29) is 6.61 Å². The van der Waals surface area contributed by atoms with E-state index in [0.29, 0.717) is 23.6 Å². The molecular formula is C18H16N4O2. The molecule has 0 spiro atoms. The molecule has 24 heavy (non-hydrogen) atoms. The van der Waals surface area contributed by atoms with E-state index in [1.54, 1.807) is 30.0 Å². The maximum atomic E-state index is 9.06. The van der Waals surface area contributed by atoms with E-state index in [1.165, 1.54) is 0 Å². The molecule has 0 aliphatic carbocycles. The molecule has 3 aromatic rings. The predicted octanol–water partition coefficient (Wildman–Crippen LogP) is 2.79. The van der Waals surface area contributed by atoms with Crippen molar-refractivity contribution in [1.82, 2.24) is 15.0 Å². The van der Waals surface area contributed by atoms with Gasteiger partial charge in [0.25, 0.3) is 0 Å².